The molecule has 1 N–H and O–H groups in total. The van der Waals surface area contributed by atoms with Crippen LogP contribution in [0.25, 0.3) is 5.78 Å². The Morgan fingerprint density at radius 3 is 2.60 bits per heavy atom. The molecule has 1 fully saturated rings. The van der Waals surface area contributed by atoms with E-state index in [0.29, 0.717) is 10.9 Å². The molecule has 158 valence electrons. The van der Waals surface area contributed by atoms with Crippen LogP contribution in [0.2, 0.25) is 0 Å². The van der Waals surface area contributed by atoms with Gasteiger partial charge in [0, 0.05) is 43.1 Å². The molecule has 0 saturated carbocycles. The number of hydrogen-bond acceptors (Lipinski definition) is 7. The van der Waals surface area contributed by atoms with Crippen LogP contribution in [0.5, 0.6) is 0 Å². The lowest BCUT2D eigenvalue weighted by Crippen LogP contribution is -2.44. The summed E-state index contributed by atoms with van der Waals surface area (Å²) in [5.41, 5.74) is 4.51. The van der Waals surface area contributed by atoms with Crippen LogP contribution in [0.15, 0.2) is 29.4 Å². The zero-order valence-corrected chi connectivity index (χ0v) is 18.7. The number of rotatable bonds is 5. The van der Waals surface area contributed by atoms with Gasteiger partial charge in [-0.2, -0.15) is 4.98 Å². The molecule has 0 atom stereocenters. The number of amides is 1. The first-order chi connectivity index (χ1) is 14.5. The molecule has 0 unspecified atom stereocenters. The van der Waals surface area contributed by atoms with Gasteiger partial charge < -0.3 is 15.1 Å². The molecule has 1 amide bonds. The van der Waals surface area contributed by atoms with Crippen molar-refractivity contribution in [2.45, 2.75) is 25.4 Å². The fourth-order valence-corrected chi connectivity index (χ4v) is 4.13. The molecule has 3 aromatic rings. The SMILES string of the molecule is CSc1nc2nc(C)c(CC(=O)Nc3ccccc3N3CCN(C)CC3)c(C)n2n1. The van der Waals surface area contributed by atoms with E-state index in [9.17, 15) is 4.79 Å². The molecule has 0 aliphatic carbocycles. The Morgan fingerprint density at radius 2 is 1.87 bits per heavy atom. The summed E-state index contributed by atoms with van der Waals surface area (Å²) in [5, 5.41) is 8.26. The summed E-state index contributed by atoms with van der Waals surface area (Å²) >= 11 is 1.48. The number of nitrogens with zero attached hydrogens (tertiary/aromatic N) is 6. The zero-order chi connectivity index (χ0) is 21.3. The highest BCUT2D eigenvalue weighted by Crippen LogP contribution is 2.27. The van der Waals surface area contributed by atoms with Crippen LogP contribution in [-0.4, -0.2) is 69.9 Å². The van der Waals surface area contributed by atoms with Crippen molar-refractivity contribution >= 4 is 34.8 Å². The van der Waals surface area contributed by atoms with Gasteiger partial charge in [-0.3, -0.25) is 4.79 Å². The van der Waals surface area contributed by atoms with Crippen molar-refractivity contribution in [2.75, 3.05) is 49.7 Å². The van der Waals surface area contributed by atoms with Crippen LogP contribution in [0.3, 0.4) is 0 Å². The highest BCUT2D eigenvalue weighted by molar-refractivity contribution is 7.98. The molecule has 0 bridgehead atoms. The number of thioether (sulfide) groups is 1. The fraction of sp³-hybridized carbons (Fsp3) is 0.429. The second kappa shape index (κ2) is 8.61. The zero-order valence-electron chi connectivity index (χ0n) is 17.8. The summed E-state index contributed by atoms with van der Waals surface area (Å²) in [6.45, 7) is 7.81. The van der Waals surface area contributed by atoms with Gasteiger partial charge in [0.1, 0.15) is 0 Å². The highest BCUT2D eigenvalue weighted by Gasteiger charge is 2.19. The molecule has 2 aromatic heterocycles. The maximum Gasteiger partial charge on any atom is 0.253 e. The third-order valence-electron chi connectivity index (χ3n) is 5.57. The van der Waals surface area contributed by atoms with E-state index in [2.05, 4.69) is 43.3 Å². The van der Waals surface area contributed by atoms with Crippen molar-refractivity contribution in [3.8, 4) is 0 Å². The molecular weight excluding hydrogens is 398 g/mol. The number of likely N-dealkylation sites (N-methyl/N-ethyl adjacent to an activating group) is 1. The molecule has 0 radical (unpaired) electrons. The monoisotopic (exact) mass is 425 g/mol. The molecular formula is C21H27N7OS. The predicted octanol–water partition coefficient (Wildman–Crippen LogP) is 2.40. The van der Waals surface area contributed by atoms with Crippen molar-refractivity contribution in [3.63, 3.8) is 0 Å². The van der Waals surface area contributed by atoms with E-state index >= 15 is 0 Å². The number of aryl methyl sites for hydroxylation is 2. The highest BCUT2D eigenvalue weighted by atomic mass is 32.2. The van der Waals surface area contributed by atoms with Gasteiger partial charge in [-0.25, -0.2) is 9.50 Å². The van der Waals surface area contributed by atoms with Crippen LogP contribution >= 0.6 is 11.8 Å². The van der Waals surface area contributed by atoms with Crippen LogP contribution < -0.4 is 10.2 Å². The normalized spacial score (nSPS) is 15.0. The van der Waals surface area contributed by atoms with Gasteiger partial charge in [-0.05, 0) is 39.3 Å². The molecule has 0 spiro atoms. The first kappa shape index (κ1) is 20.6. The van der Waals surface area contributed by atoms with Crippen molar-refractivity contribution in [1.82, 2.24) is 24.5 Å². The molecule has 8 nitrogen and oxygen atoms in total. The molecule has 9 heteroatoms. The standard InChI is InChI=1S/C21H27N7OS/c1-14-16(15(2)28-20(22-14)24-21(25-28)30-4)13-19(29)23-17-7-5-6-8-18(17)27-11-9-26(3)10-12-27/h5-8H,9-13H2,1-4H3,(H,23,29). The lowest BCUT2D eigenvalue weighted by Gasteiger charge is -2.35. The number of carbonyl (C=O) groups is 1. The van der Waals surface area contributed by atoms with Gasteiger partial charge >= 0.3 is 0 Å². The number of fused-ring (bicyclic) bond motifs is 1. The number of aromatic nitrogens is 4. The Morgan fingerprint density at radius 1 is 1.13 bits per heavy atom. The Balaban J connectivity index is 1.55. The van der Waals surface area contributed by atoms with E-state index in [4.69, 9.17) is 0 Å². The van der Waals surface area contributed by atoms with Crippen molar-refractivity contribution in [1.29, 1.82) is 0 Å². The van der Waals surface area contributed by atoms with Crippen molar-refractivity contribution < 1.29 is 4.79 Å². The van der Waals surface area contributed by atoms with Crippen LogP contribution in [-0.2, 0) is 11.2 Å². The third kappa shape index (κ3) is 4.13. The van der Waals surface area contributed by atoms with Gasteiger partial charge in [-0.1, -0.05) is 23.9 Å². The second-order valence-electron chi connectivity index (χ2n) is 7.60. The van der Waals surface area contributed by atoms with Gasteiger partial charge in [0.15, 0.2) is 0 Å². The summed E-state index contributed by atoms with van der Waals surface area (Å²) in [6.07, 6.45) is 2.18. The quantitative estimate of drug-likeness (QED) is 0.629. The number of carbonyl (C=O) groups excluding carboxylic acids is 1. The van der Waals surface area contributed by atoms with E-state index in [1.165, 1.54) is 11.8 Å². The fourth-order valence-electron chi connectivity index (χ4n) is 3.79. The van der Waals surface area contributed by atoms with Crippen LogP contribution in [0.1, 0.15) is 17.0 Å². The van der Waals surface area contributed by atoms with Crippen LogP contribution in [0.4, 0.5) is 11.4 Å². The molecule has 1 saturated heterocycles. The number of piperazine rings is 1. The van der Waals surface area contributed by atoms with Gasteiger partial charge in [0.25, 0.3) is 5.78 Å². The summed E-state index contributed by atoms with van der Waals surface area (Å²) in [5.74, 6) is 0.507. The Kier molecular flexibility index (Phi) is 5.92. The van der Waals surface area contributed by atoms with Crippen LogP contribution in [0, 0.1) is 13.8 Å². The number of para-hydroxylation sites is 2. The minimum absolute atomic E-state index is 0.0610. The lowest BCUT2D eigenvalue weighted by molar-refractivity contribution is -0.115. The molecule has 1 aliphatic heterocycles. The molecule has 1 aromatic carbocycles. The molecule has 30 heavy (non-hydrogen) atoms. The van der Waals surface area contributed by atoms with Gasteiger partial charge in [-0.15, -0.1) is 5.10 Å². The van der Waals surface area contributed by atoms with E-state index in [0.717, 1.165) is 54.5 Å². The number of anilines is 2. The minimum atomic E-state index is -0.0610. The maximum absolute atomic E-state index is 13.0. The summed E-state index contributed by atoms with van der Waals surface area (Å²) < 4.78 is 1.72. The van der Waals surface area contributed by atoms with Crippen molar-refractivity contribution in [2.24, 2.45) is 0 Å². The Hall–Kier alpha value is -2.65. The molecule has 3 heterocycles. The smallest absolute Gasteiger partial charge is 0.253 e. The van der Waals surface area contributed by atoms with E-state index in [1.54, 1.807) is 4.52 Å². The average Bonchev–Trinajstić information content (AvgIpc) is 3.15. The van der Waals surface area contributed by atoms with E-state index < -0.39 is 0 Å². The largest absolute Gasteiger partial charge is 0.367 e. The van der Waals surface area contributed by atoms with E-state index in [-0.39, 0.29) is 12.3 Å². The molecule has 1 aliphatic rings. The second-order valence-corrected chi connectivity index (χ2v) is 8.38. The summed E-state index contributed by atoms with van der Waals surface area (Å²) in [7, 11) is 2.14. The summed E-state index contributed by atoms with van der Waals surface area (Å²) in [6, 6.07) is 8.02. The Labute approximate surface area is 180 Å². The Bertz CT molecular complexity index is 1070. The number of benzene rings is 1. The third-order valence-corrected chi connectivity index (χ3v) is 6.11. The first-order valence-corrected chi connectivity index (χ1v) is 11.3. The maximum atomic E-state index is 13.0. The van der Waals surface area contributed by atoms with Gasteiger partial charge in [0.2, 0.25) is 11.1 Å². The first-order valence-electron chi connectivity index (χ1n) is 10.1. The predicted molar refractivity (Wildman–Crippen MR) is 121 cm³/mol. The lowest BCUT2D eigenvalue weighted by atomic mass is 10.1. The minimum Gasteiger partial charge on any atom is -0.367 e. The summed E-state index contributed by atoms with van der Waals surface area (Å²) in [4.78, 5) is 26.6. The van der Waals surface area contributed by atoms with Gasteiger partial charge in [0.05, 0.1) is 17.8 Å². The molecule has 4 rings (SSSR count). The average molecular weight is 426 g/mol. The number of nitrogens with one attached hydrogen (secondary N) is 1. The van der Waals surface area contributed by atoms with Crippen molar-refractivity contribution in [3.05, 3.63) is 41.2 Å². The van der Waals surface area contributed by atoms with E-state index in [1.807, 2.05) is 38.3 Å². The topological polar surface area (TPSA) is 78.7 Å². The number of hydrogen-bond donors (Lipinski definition) is 1.